The SMILES string of the molecule is O=c1[nH]c2ccncc2n1-c1cc(F)ccc1Cl. The van der Waals surface area contributed by atoms with E-state index in [-0.39, 0.29) is 5.69 Å². The van der Waals surface area contributed by atoms with Crippen LogP contribution in [0.4, 0.5) is 4.39 Å². The lowest BCUT2D eigenvalue weighted by Crippen LogP contribution is -2.15. The Morgan fingerprint density at radius 3 is 3.00 bits per heavy atom. The minimum atomic E-state index is -0.459. The second-order valence-corrected chi connectivity index (χ2v) is 4.16. The molecule has 0 saturated heterocycles. The lowest BCUT2D eigenvalue weighted by Gasteiger charge is -2.05. The number of imidazole rings is 1. The summed E-state index contributed by atoms with van der Waals surface area (Å²) in [6.45, 7) is 0. The quantitative estimate of drug-likeness (QED) is 0.733. The first-order valence-electron chi connectivity index (χ1n) is 5.17. The summed E-state index contributed by atoms with van der Waals surface area (Å²) >= 11 is 6.00. The van der Waals surface area contributed by atoms with Crippen LogP contribution in [0.25, 0.3) is 16.7 Å². The van der Waals surface area contributed by atoms with Gasteiger partial charge in [-0.2, -0.15) is 0 Å². The number of aromatic amines is 1. The number of fused-ring (bicyclic) bond motifs is 1. The third kappa shape index (κ3) is 1.60. The molecule has 4 nitrogen and oxygen atoms in total. The van der Waals surface area contributed by atoms with Gasteiger partial charge in [-0.05, 0) is 24.3 Å². The van der Waals surface area contributed by atoms with Crippen LogP contribution in [0.5, 0.6) is 0 Å². The molecule has 0 spiro atoms. The first kappa shape index (κ1) is 11.0. The Morgan fingerprint density at radius 2 is 2.17 bits per heavy atom. The van der Waals surface area contributed by atoms with Gasteiger partial charge >= 0.3 is 5.69 Å². The van der Waals surface area contributed by atoms with E-state index in [9.17, 15) is 9.18 Å². The topological polar surface area (TPSA) is 50.7 Å². The Labute approximate surface area is 106 Å². The molecule has 3 aromatic rings. The van der Waals surface area contributed by atoms with Crippen molar-refractivity contribution in [3.8, 4) is 5.69 Å². The van der Waals surface area contributed by atoms with Crippen molar-refractivity contribution in [2.24, 2.45) is 0 Å². The van der Waals surface area contributed by atoms with Crippen molar-refractivity contribution in [3.05, 3.63) is 58.0 Å². The van der Waals surface area contributed by atoms with E-state index in [4.69, 9.17) is 11.6 Å². The molecule has 90 valence electrons. The zero-order chi connectivity index (χ0) is 12.7. The van der Waals surface area contributed by atoms with Gasteiger partial charge in [-0.1, -0.05) is 11.6 Å². The lowest BCUT2D eigenvalue weighted by molar-refractivity contribution is 0.626. The molecule has 0 unspecified atom stereocenters. The summed E-state index contributed by atoms with van der Waals surface area (Å²) in [5.41, 5.74) is 1.08. The smallest absolute Gasteiger partial charge is 0.305 e. The Kier molecular flexibility index (Phi) is 2.41. The zero-order valence-electron chi connectivity index (χ0n) is 9.02. The highest BCUT2D eigenvalue weighted by molar-refractivity contribution is 6.32. The molecule has 0 atom stereocenters. The number of aromatic nitrogens is 3. The van der Waals surface area contributed by atoms with Crippen molar-refractivity contribution in [2.75, 3.05) is 0 Å². The van der Waals surface area contributed by atoms with Gasteiger partial charge in [0.15, 0.2) is 0 Å². The minimum Gasteiger partial charge on any atom is -0.305 e. The highest BCUT2D eigenvalue weighted by atomic mass is 35.5. The number of H-pyrrole nitrogens is 1. The third-order valence-corrected chi connectivity index (χ3v) is 2.95. The van der Waals surface area contributed by atoms with Gasteiger partial charge in [0.1, 0.15) is 5.82 Å². The maximum absolute atomic E-state index is 13.3. The molecule has 1 N–H and O–H groups in total. The van der Waals surface area contributed by atoms with Crippen molar-refractivity contribution in [3.63, 3.8) is 0 Å². The summed E-state index contributed by atoms with van der Waals surface area (Å²) in [7, 11) is 0. The van der Waals surface area contributed by atoms with Crippen molar-refractivity contribution in [2.45, 2.75) is 0 Å². The fourth-order valence-electron chi connectivity index (χ4n) is 1.85. The fourth-order valence-corrected chi connectivity index (χ4v) is 2.05. The summed E-state index contributed by atoms with van der Waals surface area (Å²) < 4.78 is 14.6. The van der Waals surface area contributed by atoms with Crippen LogP contribution in [0.3, 0.4) is 0 Å². The monoisotopic (exact) mass is 263 g/mol. The van der Waals surface area contributed by atoms with E-state index in [1.165, 1.54) is 29.0 Å². The number of pyridine rings is 1. The Balaban J connectivity index is 2.41. The first-order valence-corrected chi connectivity index (χ1v) is 5.55. The molecular weight excluding hydrogens is 257 g/mol. The summed E-state index contributed by atoms with van der Waals surface area (Å²) in [6.07, 6.45) is 3.09. The third-order valence-electron chi connectivity index (χ3n) is 2.63. The minimum absolute atomic E-state index is 0.293. The highest BCUT2D eigenvalue weighted by Gasteiger charge is 2.12. The van der Waals surface area contributed by atoms with E-state index in [2.05, 4.69) is 9.97 Å². The molecule has 1 aromatic carbocycles. The van der Waals surface area contributed by atoms with Crippen LogP contribution in [-0.2, 0) is 0 Å². The average Bonchev–Trinajstić information content (AvgIpc) is 2.68. The van der Waals surface area contributed by atoms with Crippen LogP contribution >= 0.6 is 11.6 Å². The summed E-state index contributed by atoms with van der Waals surface area (Å²) in [5.74, 6) is -0.459. The summed E-state index contributed by atoms with van der Waals surface area (Å²) in [4.78, 5) is 18.5. The normalized spacial score (nSPS) is 11.0. The van der Waals surface area contributed by atoms with Crippen LogP contribution in [0.2, 0.25) is 5.02 Å². The Hall–Kier alpha value is -2.14. The number of hydrogen-bond donors (Lipinski definition) is 1. The molecule has 0 amide bonds. The van der Waals surface area contributed by atoms with Gasteiger partial charge < -0.3 is 4.98 Å². The molecule has 0 radical (unpaired) electrons. The molecule has 2 heterocycles. The number of halogens is 2. The molecule has 18 heavy (non-hydrogen) atoms. The van der Waals surface area contributed by atoms with Gasteiger partial charge in [0.05, 0.1) is 27.9 Å². The van der Waals surface area contributed by atoms with Crippen molar-refractivity contribution in [1.29, 1.82) is 0 Å². The molecule has 0 saturated carbocycles. The van der Waals surface area contributed by atoms with E-state index in [1.807, 2.05) is 0 Å². The van der Waals surface area contributed by atoms with E-state index in [0.29, 0.717) is 21.7 Å². The van der Waals surface area contributed by atoms with Gasteiger partial charge in [0, 0.05) is 6.20 Å². The van der Waals surface area contributed by atoms with Crippen LogP contribution in [-0.4, -0.2) is 14.5 Å². The average molecular weight is 264 g/mol. The molecule has 6 heteroatoms. The van der Waals surface area contributed by atoms with E-state index in [1.54, 1.807) is 12.3 Å². The largest absolute Gasteiger partial charge is 0.331 e. The molecule has 2 aromatic heterocycles. The fraction of sp³-hybridized carbons (Fsp3) is 0. The lowest BCUT2D eigenvalue weighted by atomic mass is 10.3. The van der Waals surface area contributed by atoms with E-state index < -0.39 is 5.82 Å². The number of nitrogens with zero attached hydrogens (tertiary/aromatic N) is 2. The van der Waals surface area contributed by atoms with Crippen molar-refractivity contribution in [1.82, 2.24) is 14.5 Å². The Bertz CT molecular complexity index is 793. The molecule has 0 aliphatic heterocycles. The standard InChI is InChI=1S/C12H7ClFN3O/c13-8-2-1-7(14)5-10(8)17-11-6-15-4-3-9(11)16-12(17)18/h1-6H,(H,16,18). The van der Waals surface area contributed by atoms with Crippen LogP contribution in [0.1, 0.15) is 0 Å². The predicted molar refractivity (Wildman–Crippen MR) is 66.7 cm³/mol. The van der Waals surface area contributed by atoms with Crippen molar-refractivity contribution >= 4 is 22.6 Å². The van der Waals surface area contributed by atoms with Crippen LogP contribution in [0, 0.1) is 5.82 Å². The highest BCUT2D eigenvalue weighted by Crippen LogP contribution is 2.23. The zero-order valence-corrected chi connectivity index (χ0v) is 9.78. The number of benzene rings is 1. The maximum Gasteiger partial charge on any atom is 0.331 e. The number of hydrogen-bond acceptors (Lipinski definition) is 2. The molecule has 0 aliphatic carbocycles. The van der Waals surface area contributed by atoms with Gasteiger partial charge in [0.2, 0.25) is 0 Å². The maximum atomic E-state index is 13.3. The molecule has 0 fully saturated rings. The number of nitrogens with one attached hydrogen (secondary N) is 1. The molecule has 3 rings (SSSR count). The van der Waals surface area contributed by atoms with E-state index in [0.717, 1.165) is 0 Å². The Morgan fingerprint density at radius 1 is 1.33 bits per heavy atom. The second kappa shape index (κ2) is 3.96. The van der Waals surface area contributed by atoms with Crippen LogP contribution in [0.15, 0.2) is 41.5 Å². The van der Waals surface area contributed by atoms with E-state index >= 15 is 0 Å². The molecular formula is C12H7ClFN3O. The first-order chi connectivity index (χ1) is 8.66. The van der Waals surface area contributed by atoms with Crippen LogP contribution < -0.4 is 5.69 Å². The van der Waals surface area contributed by atoms with Gasteiger partial charge in [-0.15, -0.1) is 0 Å². The predicted octanol–water partition coefficient (Wildman–Crippen LogP) is 2.51. The number of rotatable bonds is 1. The molecule has 0 bridgehead atoms. The van der Waals surface area contributed by atoms with Gasteiger partial charge in [-0.3, -0.25) is 9.55 Å². The second-order valence-electron chi connectivity index (χ2n) is 3.75. The summed E-state index contributed by atoms with van der Waals surface area (Å²) in [5, 5.41) is 0.295. The van der Waals surface area contributed by atoms with Gasteiger partial charge in [0.25, 0.3) is 0 Å². The van der Waals surface area contributed by atoms with Gasteiger partial charge in [-0.25, -0.2) is 9.18 Å². The molecule has 0 aliphatic rings. The summed E-state index contributed by atoms with van der Waals surface area (Å²) in [6, 6.07) is 5.53. The van der Waals surface area contributed by atoms with Crippen molar-refractivity contribution < 1.29 is 4.39 Å².